The smallest absolute Gasteiger partial charge is 0.239 e. The van der Waals surface area contributed by atoms with Crippen LogP contribution >= 0.6 is 0 Å². The van der Waals surface area contributed by atoms with Crippen LogP contribution in [0.4, 0.5) is 0 Å². The lowest BCUT2D eigenvalue weighted by Crippen LogP contribution is -2.41. The quantitative estimate of drug-likeness (QED) is 0.831. The topological polar surface area (TPSA) is 62.1 Å². The molecule has 0 aliphatic carbocycles. The highest BCUT2D eigenvalue weighted by molar-refractivity contribution is 5.85. The number of benzene rings is 1. The van der Waals surface area contributed by atoms with Crippen molar-refractivity contribution in [2.24, 2.45) is 5.73 Å². The van der Waals surface area contributed by atoms with Crippen LogP contribution in [0.5, 0.6) is 0 Å². The second-order valence-electron chi connectivity index (χ2n) is 4.40. The van der Waals surface area contributed by atoms with Crippen molar-refractivity contribution in [2.45, 2.75) is 12.5 Å². The number of aromatic amines is 1. The molecule has 0 aliphatic rings. The average molecular weight is 231 g/mol. The van der Waals surface area contributed by atoms with Crippen LogP contribution < -0.4 is 5.73 Å². The van der Waals surface area contributed by atoms with E-state index in [1.54, 1.807) is 14.1 Å². The molecule has 1 atom stereocenters. The second-order valence-corrected chi connectivity index (χ2v) is 4.40. The van der Waals surface area contributed by atoms with Gasteiger partial charge in [0.25, 0.3) is 0 Å². The first-order valence-corrected chi connectivity index (χ1v) is 5.61. The van der Waals surface area contributed by atoms with Crippen molar-refractivity contribution in [3.63, 3.8) is 0 Å². The van der Waals surface area contributed by atoms with Crippen molar-refractivity contribution in [2.75, 3.05) is 14.1 Å². The van der Waals surface area contributed by atoms with Gasteiger partial charge in [-0.1, -0.05) is 18.2 Å². The minimum atomic E-state index is -0.482. The zero-order chi connectivity index (χ0) is 12.4. The van der Waals surface area contributed by atoms with E-state index in [1.807, 2.05) is 30.5 Å². The molecule has 2 aromatic rings. The first kappa shape index (κ1) is 11.7. The Morgan fingerprint density at radius 3 is 2.82 bits per heavy atom. The Morgan fingerprint density at radius 1 is 1.41 bits per heavy atom. The Balaban J connectivity index is 2.21. The Bertz CT molecular complexity index is 530. The van der Waals surface area contributed by atoms with Crippen LogP contribution in [0.15, 0.2) is 30.5 Å². The Hall–Kier alpha value is -1.81. The number of rotatable bonds is 3. The van der Waals surface area contributed by atoms with Gasteiger partial charge in [-0.3, -0.25) is 4.79 Å². The molecule has 1 heterocycles. The highest BCUT2D eigenvalue weighted by atomic mass is 16.2. The summed E-state index contributed by atoms with van der Waals surface area (Å²) in [7, 11) is 3.44. The molecular formula is C13H17N3O. The molecule has 0 radical (unpaired) electrons. The van der Waals surface area contributed by atoms with Crippen LogP contribution in [-0.4, -0.2) is 35.9 Å². The van der Waals surface area contributed by atoms with Gasteiger partial charge in [0.05, 0.1) is 6.04 Å². The van der Waals surface area contributed by atoms with Gasteiger partial charge in [-0.2, -0.15) is 0 Å². The maximum atomic E-state index is 11.7. The Labute approximate surface area is 100 Å². The summed E-state index contributed by atoms with van der Waals surface area (Å²) in [6, 6.07) is 7.53. The number of para-hydroxylation sites is 1. The van der Waals surface area contributed by atoms with E-state index in [0.29, 0.717) is 6.42 Å². The molecule has 90 valence electrons. The number of nitrogens with two attached hydrogens (primary N) is 1. The van der Waals surface area contributed by atoms with Crippen LogP contribution in [0.1, 0.15) is 5.56 Å². The number of aromatic nitrogens is 1. The van der Waals surface area contributed by atoms with E-state index < -0.39 is 6.04 Å². The third kappa shape index (κ3) is 2.31. The number of H-pyrrole nitrogens is 1. The average Bonchev–Trinajstić information content (AvgIpc) is 2.71. The largest absolute Gasteiger partial charge is 0.361 e. The lowest BCUT2D eigenvalue weighted by molar-refractivity contribution is -0.130. The van der Waals surface area contributed by atoms with Crippen LogP contribution in [0.2, 0.25) is 0 Å². The minimum Gasteiger partial charge on any atom is -0.361 e. The molecule has 0 saturated heterocycles. The molecule has 0 spiro atoms. The van der Waals surface area contributed by atoms with Gasteiger partial charge in [0, 0.05) is 31.2 Å². The number of carbonyl (C=O) groups excluding carboxylic acids is 1. The van der Waals surface area contributed by atoms with Gasteiger partial charge >= 0.3 is 0 Å². The summed E-state index contributed by atoms with van der Waals surface area (Å²) in [6.07, 6.45) is 2.48. The zero-order valence-electron chi connectivity index (χ0n) is 10.1. The summed E-state index contributed by atoms with van der Waals surface area (Å²) in [6.45, 7) is 0. The summed E-state index contributed by atoms with van der Waals surface area (Å²) in [5.41, 5.74) is 8.06. The molecule has 0 saturated carbocycles. The highest BCUT2D eigenvalue weighted by Crippen LogP contribution is 2.18. The number of likely N-dealkylation sites (N-methyl/N-ethyl adjacent to an activating group) is 1. The first-order chi connectivity index (χ1) is 8.09. The number of hydrogen-bond donors (Lipinski definition) is 2. The predicted octanol–water partition coefficient (Wildman–Crippen LogP) is 1.13. The van der Waals surface area contributed by atoms with Crippen molar-refractivity contribution in [3.8, 4) is 0 Å². The Morgan fingerprint density at radius 2 is 2.12 bits per heavy atom. The molecule has 4 heteroatoms. The molecule has 3 N–H and O–H groups in total. The number of hydrogen-bond acceptors (Lipinski definition) is 2. The number of amides is 1. The summed E-state index contributed by atoms with van der Waals surface area (Å²) in [4.78, 5) is 16.4. The summed E-state index contributed by atoms with van der Waals surface area (Å²) < 4.78 is 0. The molecule has 1 amide bonds. The van der Waals surface area contributed by atoms with Crippen molar-refractivity contribution < 1.29 is 4.79 Å². The first-order valence-electron chi connectivity index (χ1n) is 5.61. The third-order valence-corrected chi connectivity index (χ3v) is 2.87. The van der Waals surface area contributed by atoms with Gasteiger partial charge in [0.1, 0.15) is 0 Å². The molecule has 17 heavy (non-hydrogen) atoms. The second kappa shape index (κ2) is 4.59. The number of carbonyl (C=O) groups is 1. The molecule has 0 unspecified atom stereocenters. The lowest BCUT2D eigenvalue weighted by atomic mass is 10.0. The van der Waals surface area contributed by atoms with Crippen molar-refractivity contribution in [1.82, 2.24) is 9.88 Å². The molecule has 0 fully saturated rings. The SMILES string of the molecule is CN(C)C(=O)[C@@H](N)Cc1c[nH]c2ccccc12. The van der Waals surface area contributed by atoms with Crippen LogP contribution in [0.3, 0.4) is 0 Å². The van der Waals surface area contributed by atoms with Crippen LogP contribution in [-0.2, 0) is 11.2 Å². The molecular weight excluding hydrogens is 214 g/mol. The van der Waals surface area contributed by atoms with Gasteiger partial charge in [0.2, 0.25) is 5.91 Å². The van der Waals surface area contributed by atoms with E-state index in [1.165, 1.54) is 4.90 Å². The highest BCUT2D eigenvalue weighted by Gasteiger charge is 2.17. The van der Waals surface area contributed by atoms with Crippen molar-refractivity contribution >= 4 is 16.8 Å². The third-order valence-electron chi connectivity index (χ3n) is 2.87. The summed E-state index contributed by atoms with van der Waals surface area (Å²) >= 11 is 0. The number of fused-ring (bicyclic) bond motifs is 1. The molecule has 1 aromatic heterocycles. The van der Waals surface area contributed by atoms with E-state index in [9.17, 15) is 4.79 Å². The van der Waals surface area contributed by atoms with Gasteiger partial charge in [-0.15, -0.1) is 0 Å². The van der Waals surface area contributed by atoms with Gasteiger partial charge in [-0.25, -0.2) is 0 Å². The summed E-state index contributed by atoms with van der Waals surface area (Å²) in [5, 5.41) is 1.13. The van der Waals surface area contributed by atoms with Gasteiger partial charge in [-0.05, 0) is 18.1 Å². The normalized spacial score (nSPS) is 12.6. The molecule has 4 nitrogen and oxygen atoms in total. The summed E-state index contributed by atoms with van der Waals surface area (Å²) in [5.74, 6) is -0.0460. The molecule has 0 bridgehead atoms. The number of nitrogens with zero attached hydrogens (tertiary/aromatic N) is 1. The number of nitrogens with one attached hydrogen (secondary N) is 1. The molecule has 1 aromatic carbocycles. The standard InChI is InChI=1S/C13H17N3O/c1-16(2)13(17)11(14)7-9-8-15-12-6-4-3-5-10(9)12/h3-6,8,11,15H,7,14H2,1-2H3/t11-/m0/s1. The van der Waals surface area contributed by atoms with Gasteiger partial charge in [0.15, 0.2) is 0 Å². The fourth-order valence-corrected chi connectivity index (χ4v) is 1.96. The lowest BCUT2D eigenvalue weighted by Gasteiger charge is -2.16. The van der Waals surface area contributed by atoms with Gasteiger partial charge < -0.3 is 15.6 Å². The monoisotopic (exact) mass is 231 g/mol. The maximum absolute atomic E-state index is 11.7. The predicted molar refractivity (Wildman–Crippen MR) is 68.7 cm³/mol. The molecule has 2 rings (SSSR count). The van der Waals surface area contributed by atoms with E-state index in [2.05, 4.69) is 4.98 Å². The van der Waals surface area contributed by atoms with E-state index in [-0.39, 0.29) is 5.91 Å². The fourth-order valence-electron chi connectivity index (χ4n) is 1.96. The maximum Gasteiger partial charge on any atom is 0.239 e. The van der Waals surface area contributed by atoms with Crippen molar-refractivity contribution in [1.29, 1.82) is 0 Å². The van der Waals surface area contributed by atoms with E-state index in [4.69, 9.17) is 5.73 Å². The Kier molecular flexibility index (Phi) is 3.15. The van der Waals surface area contributed by atoms with Crippen molar-refractivity contribution in [3.05, 3.63) is 36.0 Å². The minimum absolute atomic E-state index is 0.0460. The van der Waals surface area contributed by atoms with E-state index in [0.717, 1.165) is 16.5 Å². The zero-order valence-corrected chi connectivity index (χ0v) is 10.1. The van der Waals surface area contributed by atoms with Crippen LogP contribution in [0.25, 0.3) is 10.9 Å². The van der Waals surface area contributed by atoms with Crippen LogP contribution in [0, 0.1) is 0 Å². The molecule has 0 aliphatic heterocycles. The van der Waals surface area contributed by atoms with E-state index >= 15 is 0 Å². The fraction of sp³-hybridized carbons (Fsp3) is 0.308.